The van der Waals surface area contributed by atoms with E-state index in [-0.39, 0.29) is 12.5 Å². The fraction of sp³-hybridized carbons (Fsp3) is 0.381. The fourth-order valence-electron chi connectivity index (χ4n) is 2.94. The Morgan fingerprint density at radius 2 is 1.71 bits per heavy atom. The Bertz CT molecular complexity index is 909. The zero-order chi connectivity index (χ0) is 20.7. The smallest absolute Gasteiger partial charge is 0.241 e. The molecule has 28 heavy (non-hydrogen) atoms. The number of methoxy groups -OCH3 is 1. The van der Waals surface area contributed by atoms with Gasteiger partial charge in [-0.2, -0.15) is 0 Å². The average molecular weight is 405 g/mol. The first-order chi connectivity index (χ1) is 13.3. The molecule has 0 radical (unpaired) electrons. The second kappa shape index (κ2) is 9.59. The van der Waals surface area contributed by atoms with Crippen molar-refractivity contribution >= 4 is 21.6 Å². The number of hydrogen-bond acceptors (Lipinski definition) is 4. The summed E-state index contributed by atoms with van der Waals surface area (Å²) in [5, 5.41) is 2.85. The minimum Gasteiger partial charge on any atom is -0.497 e. The van der Waals surface area contributed by atoms with Gasteiger partial charge in [-0.25, -0.2) is 8.42 Å². The van der Waals surface area contributed by atoms with Crippen molar-refractivity contribution in [1.82, 2.24) is 5.32 Å². The molecule has 0 aromatic heterocycles. The van der Waals surface area contributed by atoms with Gasteiger partial charge in [0, 0.05) is 6.54 Å². The summed E-state index contributed by atoms with van der Waals surface area (Å²) in [6.07, 6.45) is 2.88. The van der Waals surface area contributed by atoms with E-state index >= 15 is 0 Å². The minimum atomic E-state index is -3.61. The highest BCUT2D eigenvalue weighted by Gasteiger charge is 2.21. The predicted molar refractivity (Wildman–Crippen MR) is 112 cm³/mol. The van der Waals surface area contributed by atoms with E-state index in [0.717, 1.165) is 29.0 Å². The van der Waals surface area contributed by atoms with Crippen molar-refractivity contribution in [2.75, 3.05) is 24.2 Å². The summed E-state index contributed by atoms with van der Waals surface area (Å²) in [5.74, 6) is 0.259. The van der Waals surface area contributed by atoms with Crippen molar-refractivity contribution in [3.63, 3.8) is 0 Å². The number of ether oxygens (including phenoxy) is 1. The number of benzene rings is 2. The number of sulfonamides is 1. The number of aryl methyl sites for hydroxylation is 2. The molecule has 0 heterocycles. The van der Waals surface area contributed by atoms with E-state index < -0.39 is 10.0 Å². The molecule has 0 bridgehead atoms. The molecule has 0 unspecified atom stereocenters. The first-order valence-electron chi connectivity index (χ1n) is 9.27. The predicted octanol–water partition coefficient (Wildman–Crippen LogP) is 2.90. The van der Waals surface area contributed by atoms with Crippen LogP contribution in [0.4, 0.5) is 5.69 Å². The lowest BCUT2D eigenvalue weighted by Crippen LogP contribution is -2.40. The SMILES string of the molecule is CCc1ccc(CC)c(CNC(=O)CN(c2ccc(OC)cc2)S(C)(=O)=O)c1. The van der Waals surface area contributed by atoms with E-state index in [2.05, 4.69) is 37.4 Å². The molecule has 7 heteroatoms. The van der Waals surface area contributed by atoms with Crippen molar-refractivity contribution in [3.05, 3.63) is 59.2 Å². The molecular formula is C21H28N2O4S. The van der Waals surface area contributed by atoms with Crippen LogP contribution in [-0.4, -0.2) is 34.2 Å². The van der Waals surface area contributed by atoms with Crippen LogP contribution in [-0.2, 0) is 34.2 Å². The van der Waals surface area contributed by atoms with Gasteiger partial charge in [-0.1, -0.05) is 32.0 Å². The number of hydrogen-bond donors (Lipinski definition) is 1. The summed E-state index contributed by atoms with van der Waals surface area (Å²) < 4.78 is 30.6. The third-order valence-corrected chi connectivity index (χ3v) is 5.72. The largest absolute Gasteiger partial charge is 0.497 e. The van der Waals surface area contributed by atoms with E-state index in [4.69, 9.17) is 4.74 Å². The summed E-state index contributed by atoms with van der Waals surface area (Å²) in [6.45, 7) is 4.25. The molecular weight excluding hydrogens is 376 g/mol. The van der Waals surface area contributed by atoms with Crippen molar-refractivity contribution < 1.29 is 17.9 Å². The molecule has 6 nitrogen and oxygen atoms in total. The van der Waals surface area contributed by atoms with Gasteiger partial charge in [0.1, 0.15) is 12.3 Å². The highest BCUT2D eigenvalue weighted by Crippen LogP contribution is 2.21. The number of amides is 1. The third-order valence-electron chi connectivity index (χ3n) is 4.58. The molecule has 1 amide bonds. The molecule has 2 aromatic rings. The maximum atomic E-state index is 12.5. The molecule has 0 aliphatic carbocycles. The highest BCUT2D eigenvalue weighted by molar-refractivity contribution is 7.92. The molecule has 0 atom stereocenters. The first-order valence-corrected chi connectivity index (χ1v) is 11.1. The quantitative estimate of drug-likeness (QED) is 0.697. The van der Waals surface area contributed by atoms with Crippen LogP contribution in [0.15, 0.2) is 42.5 Å². The summed E-state index contributed by atoms with van der Waals surface area (Å²) in [5.41, 5.74) is 3.86. The second-order valence-corrected chi connectivity index (χ2v) is 8.46. The van der Waals surface area contributed by atoms with Crippen LogP contribution >= 0.6 is 0 Å². The molecule has 2 aromatic carbocycles. The van der Waals surface area contributed by atoms with Crippen LogP contribution in [0.3, 0.4) is 0 Å². The number of nitrogens with zero attached hydrogens (tertiary/aromatic N) is 1. The zero-order valence-electron chi connectivity index (χ0n) is 16.9. The monoisotopic (exact) mass is 404 g/mol. The van der Waals surface area contributed by atoms with Gasteiger partial charge < -0.3 is 10.1 Å². The van der Waals surface area contributed by atoms with Crippen LogP contribution in [0.5, 0.6) is 5.75 Å². The molecule has 0 saturated carbocycles. The van der Waals surface area contributed by atoms with Gasteiger partial charge >= 0.3 is 0 Å². The van der Waals surface area contributed by atoms with Crippen molar-refractivity contribution in [1.29, 1.82) is 0 Å². The third kappa shape index (κ3) is 5.73. The lowest BCUT2D eigenvalue weighted by molar-refractivity contribution is -0.119. The van der Waals surface area contributed by atoms with Crippen molar-refractivity contribution in [2.24, 2.45) is 0 Å². The second-order valence-electron chi connectivity index (χ2n) is 6.55. The van der Waals surface area contributed by atoms with E-state index in [1.165, 1.54) is 18.2 Å². The Balaban J connectivity index is 2.12. The van der Waals surface area contributed by atoms with Gasteiger partial charge in [0.2, 0.25) is 15.9 Å². The van der Waals surface area contributed by atoms with E-state index in [1.807, 2.05) is 0 Å². The zero-order valence-corrected chi connectivity index (χ0v) is 17.7. The van der Waals surface area contributed by atoms with Gasteiger partial charge in [0.25, 0.3) is 0 Å². The topological polar surface area (TPSA) is 75.7 Å². The Kier molecular flexibility index (Phi) is 7.45. The number of carbonyl (C=O) groups is 1. The molecule has 2 rings (SSSR count). The maximum absolute atomic E-state index is 12.5. The Labute approximate surface area is 167 Å². The van der Waals surface area contributed by atoms with Crippen LogP contribution in [0, 0.1) is 0 Å². The van der Waals surface area contributed by atoms with Gasteiger partial charge in [0.05, 0.1) is 19.1 Å². The molecule has 0 spiro atoms. The van der Waals surface area contributed by atoms with Crippen molar-refractivity contribution in [2.45, 2.75) is 33.2 Å². The normalized spacial score (nSPS) is 11.1. The van der Waals surface area contributed by atoms with Gasteiger partial charge in [0.15, 0.2) is 0 Å². The Hall–Kier alpha value is -2.54. The van der Waals surface area contributed by atoms with Gasteiger partial charge in [-0.3, -0.25) is 9.10 Å². The minimum absolute atomic E-state index is 0.278. The number of nitrogens with one attached hydrogen (secondary N) is 1. The summed E-state index contributed by atoms with van der Waals surface area (Å²) in [4.78, 5) is 12.5. The standard InChI is InChI=1S/C21H28N2O4S/c1-5-16-7-8-17(6-2)18(13-16)14-22-21(24)15-23(28(4,25)26)19-9-11-20(27-3)12-10-19/h7-13H,5-6,14-15H2,1-4H3,(H,22,24). The lowest BCUT2D eigenvalue weighted by atomic mass is 10.0. The Morgan fingerprint density at radius 3 is 2.25 bits per heavy atom. The van der Waals surface area contributed by atoms with Crippen molar-refractivity contribution in [3.8, 4) is 5.75 Å². The molecule has 0 aliphatic rings. The molecule has 0 saturated heterocycles. The number of anilines is 1. The fourth-order valence-corrected chi connectivity index (χ4v) is 3.79. The first kappa shape index (κ1) is 21.8. The van der Waals surface area contributed by atoms with E-state index in [1.54, 1.807) is 24.3 Å². The number of rotatable bonds is 9. The lowest BCUT2D eigenvalue weighted by Gasteiger charge is -2.22. The van der Waals surface area contributed by atoms with Gasteiger partial charge in [-0.05, 0) is 53.8 Å². The van der Waals surface area contributed by atoms with Crippen LogP contribution in [0.2, 0.25) is 0 Å². The van der Waals surface area contributed by atoms with Gasteiger partial charge in [-0.15, -0.1) is 0 Å². The molecule has 1 N–H and O–H groups in total. The molecule has 152 valence electrons. The maximum Gasteiger partial charge on any atom is 0.241 e. The molecule has 0 aliphatic heterocycles. The molecule has 0 fully saturated rings. The summed E-state index contributed by atoms with van der Waals surface area (Å²) in [6, 6.07) is 12.8. The van der Waals surface area contributed by atoms with Crippen LogP contribution < -0.4 is 14.4 Å². The Morgan fingerprint density at radius 1 is 1.04 bits per heavy atom. The summed E-state index contributed by atoms with van der Waals surface area (Å²) >= 11 is 0. The summed E-state index contributed by atoms with van der Waals surface area (Å²) in [7, 11) is -2.07. The van der Waals surface area contributed by atoms with E-state index in [0.29, 0.717) is 18.0 Å². The number of carbonyl (C=O) groups excluding carboxylic acids is 1. The highest BCUT2D eigenvalue weighted by atomic mass is 32.2. The van der Waals surface area contributed by atoms with E-state index in [9.17, 15) is 13.2 Å². The van der Waals surface area contributed by atoms with Crippen LogP contribution in [0.25, 0.3) is 0 Å². The van der Waals surface area contributed by atoms with Crippen LogP contribution in [0.1, 0.15) is 30.5 Å². The average Bonchev–Trinajstić information content (AvgIpc) is 2.69.